The Balaban J connectivity index is 2.08. The first-order chi connectivity index (χ1) is 12.8. The Morgan fingerprint density at radius 2 is 1.74 bits per heavy atom. The molecule has 0 unspecified atom stereocenters. The van der Waals surface area contributed by atoms with Crippen molar-refractivity contribution in [3.05, 3.63) is 65.7 Å². The van der Waals surface area contributed by atoms with E-state index >= 15 is 0 Å². The van der Waals surface area contributed by atoms with Gasteiger partial charge in [0.25, 0.3) is 5.91 Å². The molecule has 144 valence electrons. The standard InChI is InChI=1S/C21H23F2NO3/c1-4-13(2)19(15-8-6-5-7-9-15)21(26)27-14(3)20(25)24-18-11-10-16(22)12-17(18)23/h5-14,19H,4H2,1-3H3,(H,24,25)/t13-,14+,19+/m1/s1. The molecule has 1 amide bonds. The van der Waals surface area contributed by atoms with Gasteiger partial charge in [-0.2, -0.15) is 0 Å². The Bertz CT molecular complexity index is 795. The molecule has 27 heavy (non-hydrogen) atoms. The van der Waals surface area contributed by atoms with Gasteiger partial charge in [-0.05, 0) is 30.5 Å². The maximum atomic E-state index is 13.7. The Hall–Kier alpha value is -2.76. The fourth-order valence-electron chi connectivity index (χ4n) is 2.72. The quantitative estimate of drug-likeness (QED) is 0.716. The Kier molecular flexibility index (Phi) is 7.05. The molecule has 0 saturated carbocycles. The third-order valence-corrected chi connectivity index (χ3v) is 4.48. The number of ether oxygens (including phenoxy) is 1. The zero-order chi connectivity index (χ0) is 20.0. The normalized spacial score (nSPS) is 14.1. The lowest BCUT2D eigenvalue weighted by Crippen LogP contribution is -2.33. The minimum atomic E-state index is -1.13. The molecule has 0 saturated heterocycles. The van der Waals surface area contributed by atoms with E-state index in [1.165, 1.54) is 6.92 Å². The van der Waals surface area contributed by atoms with Crippen molar-refractivity contribution in [2.45, 2.75) is 39.2 Å². The molecule has 2 aromatic rings. The molecule has 2 aromatic carbocycles. The summed E-state index contributed by atoms with van der Waals surface area (Å²) in [5, 5.41) is 2.31. The fraction of sp³-hybridized carbons (Fsp3) is 0.333. The first-order valence-electron chi connectivity index (χ1n) is 8.84. The van der Waals surface area contributed by atoms with E-state index in [4.69, 9.17) is 4.74 Å². The number of halogens is 2. The number of rotatable bonds is 7. The molecule has 6 heteroatoms. The van der Waals surface area contributed by atoms with E-state index in [0.717, 1.165) is 24.1 Å². The van der Waals surface area contributed by atoms with Gasteiger partial charge in [0.15, 0.2) is 6.10 Å². The summed E-state index contributed by atoms with van der Waals surface area (Å²) in [6.07, 6.45) is -0.368. The van der Waals surface area contributed by atoms with E-state index < -0.39 is 35.5 Å². The van der Waals surface area contributed by atoms with Crippen LogP contribution in [0.5, 0.6) is 0 Å². The van der Waals surface area contributed by atoms with Crippen molar-refractivity contribution in [1.82, 2.24) is 0 Å². The summed E-state index contributed by atoms with van der Waals surface area (Å²) in [7, 11) is 0. The first-order valence-corrected chi connectivity index (χ1v) is 8.84. The highest BCUT2D eigenvalue weighted by molar-refractivity contribution is 5.95. The van der Waals surface area contributed by atoms with Crippen LogP contribution in [0.25, 0.3) is 0 Å². The lowest BCUT2D eigenvalue weighted by atomic mass is 9.85. The minimum Gasteiger partial charge on any atom is -0.452 e. The number of esters is 1. The zero-order valence-electron chi connectivity index (χ0n) is 15.5. The van der Waals surface area contributed by atoms with E-state index in [-0.39, 0.29) is 11.6 Å². The SMILES string of the molecule is CC[C@@H](C)[C@H](C(=O)O[C@@H](C)C(=O)Nc1ccc(F)cc1F)c1ccccc1. The molecule has 0 aliphatic rings. The highest BCUT2D eigenvalue weighted by Crippen LogP contribution is 2.29. The van der Waals surface area contributed by atoms with Gasteiger partial charge in [-0.15, -0.1) is 0 Å². The second-order valence-corrected chi connectivity index (χ2v) is 6.47. The molecule has 4 nitrogen and oxygen atoms in total. The number of hydrogen-bond acceptors (Lipinski definition) is 3. The highest BCUT2D eigenvalue weighted by Gasteiger charge is 2.30. The molecule has 0 aliphatic heterocycles. The molecule has 0 heterocycles. The highest BCUT2D eigenvalue weighted by atomic mass is 19.1. The summed E-state index contributed by atoms with van der Waals surface area (Å²) >= 11 is 0. The van der Waals surface area contributed by atoms with Crippen LogP contribution < -0.4 is 5.32 Å². The maximum absolute atomic E-state index is 13.7. The van der Waals surface area contributed by atoms with Gasteiger partial charge in [0.2, 0.25) is 0 Å². The van der Waals surface area contributed by atoms with Crippen LogP contribution in [0.4, 0.5) is 14.5 Å². The molecule has 3 atom stereocenters. The van der Waals surface area contributed by atoms with Crippen molar-refractivity contribution >= 4 is 17.6 Å². The Morgan fingerprint density at radius 3 is 2.33 bits per heavy atom. The minimum absolute atomic E-state index is 0.0182. The van der Waals surface area contributed by atoms with E-state index in [1.807, 2.05) is 44.2 Å². The predicted molar refractivity (Wildman–Crippen MR) is 99.2 cm³/mol. The molecule has 0 radical (unpaired) electrons. The van der Waals surface area contributed by atoms with Crippen molar-refractivity contribution in [1.29, 1.82) is 0 Å². The molecule has 0 fully saturated rings. The number of carbonyl (C=O) groups is 2. The van der Waals surface area contributed by atoms with Crippen molar-refractivity contribution in [2.24, 2.45) is 5.92 Å². The molecule has 0 spiro atoms. The van der Waals surface area contributed by atoms with Crippen LogP contribution in [0.2, 0.25) is 0 Å². The second kappa shape index (κ2) is 9.26. The van der Waals surface area contributed by atoms with Gasteiger partial charge >= 0.3 is 5.97 Å². The smallest absolute Gasteiger partial charge is 0.314 e. The average Bonchev–Trinajstić information content (AvgIpc) is 2.64. The third-order valence-electron chi connectivity index (χ3n) is 4.48. The summed E-state index contributed by atoms with van der Waals surface area (Å²) < 4.78 is 32.0. The van der Waals surface area contributed by atoms with Crippen LogP contribution in [0.1, 0.15) is 38.7 Å². The summed E-state index contributed by atoms with van der Waals surface area (Å²) in [5.74, 6) is -3.34. The summed E-state index contributed by atoms with van der Waals surface area (Å²) in [4.78, 5) is 24.9. The summed E-state index contributed by atoms with van der Waals surface area (Å²) in [5.41, 5.74) is 0.639. The fourth-order valence-corrected chi connectivity index (χ4v) is 2.72. The zero-order valence-corrected chi connectivity index (χ0v) is 15.5. The van der Waals surface area contributed by atoms with Crippen molar-refractivity contribution in [3.63, 3.8) is 0 Å². The average molecular weight is 375 g/mol. The van der Waals surface area contributed by atoms with Crippen LogP contribution in [0, 0.1) is 17.6 Å². The number of benzene rings is 2. The van der Waals surface area contributed by atoms with Crippen molar-refractivity contribution in [3.8, 4) is 0 Å². The van der Waals surface area contributed by atoms with Gasteiger partial charge in [-0.25, -0.2) is 8.78 Å². The monoisotopic (exact) mass is 375 g/mol. The van der Waals surface area contributed by atoms with E-state index in [0.29, 0.717) is 6.07 Å². The predicted octanol–water partition coefficient (Wildman–Crippen LogP) is 4.66. The van der Waals surface area contributed by atoms with Gasteiger partial charge < -0.3 is 10.1 Å². The lowest BCUT2D eigenvalue weighted by molar-refractivity contribution is -0.155. The van der Waals surface area contributed by atoms with Crippen LogP contribution in [0.3, 0.4) is 0 Å². The van der Waals surface area contributed by atoms with Gasteiger partial charge in [0, 0.05) is 6.07 Å². The molecule has 0 bridgehead atoms. The topological polar surface area (TPSA) is 55.4 Å². The van der Waals surface area contributed by atoms with Crippen molar-refractivity contribution < 1.29 is 23.1 Å². The van der Waals surface area contributed by atoms with Gasteiger partial charge in [0.1, 0.15) is 11.6 Å². The van der Waals surface area contributed by atoms with Crippen LogP contribution in [-0.2, 0) is 14.3 Å². The number of hydrogen-bond donors (Lipinski definition) is 1. The van der Waals surface area contributed by atoms with E-state index in [1.54, 1.807) is 0 Å². The molecular formula is C21H23F2NO3. The van der Waals surface area contributed by atoms with Crippen LogP contribution in [0.15, 0.2) is 48.5 Å². The number of anilines is 1. The molecule has 0 aromatic heterocycles. The van der Waals surface area contributed by atoms with Crippen molar-refractivity contribution in [2.75, 3.05) is 5.32 Å². The van der Waals surface area contributed by atoms with Gasteiger partial charge in [0.05, 0.1) is 11.6 Å². The number of carbonyl (C=O) groups excluding carboxylic acids is 2. The van der Waals surface area contributed by atoms with Crippen LogP contribution >= 0.6 is 0 Å². The van der Waals surface area contributed by atoms with Gasteiger partial charge in [-0.1, -0.05) is 50.6 Å². The molecular weight excluding hydrogens is 352 g/mol. The largest absolute Gasteiger partial charge is 0.452 e. The Morgan fingerprint density at radius 1 is 1.07 bits per heavy atom. The van der Waals surface area contributed by atoms with E-state index in [9.17, 15) is 18.4 Å². The number of amides is 1. The Labute approximate surface area is 157 Å². The molecule has 1 N–H and O–H groups in total. The van der Waals surface area contributed by atoms with E-state index in [2.05, 4.69) is 5.32 Å². The maximum Gasteiger partial charge on any atom is 0.314 e. The summed E-state index contributed by atoms with van der Waals surface area (Å²) in [6, 6.07) is 12.0. The second-order valence-electron chi connectivity index (χ2n) is 6.47. The number of nitrogens with one attached hydrogen (secondary N) is 1. The molecule has 0 aliphatic carbocycles. The van der Waals surface area contributed by atoms with Gasteiger partial charge in [-0.3, -0.25) is 9.59 Å². The third kappa shape index (κ3) is 5.36. The summed E-state index contributed by atoms with van der Waals surface area (Å²) in [6.45, 7) is 5.33. The van der Waals surface area contributed by atoms with Crippen LogP contribution in [-0.4, -0.2) is 18.0 Å². The first kappa shape index (κ1) is 20.6. The lowest BCUT2D eigenvalue weighted by Gasteiger charge is -2.24. The molecule has 2 rings (SSSR count).